The van der Waals surface area contributed by atoms with E-state index >= 15 is 0 Å². The van der Waals surface area contributed by atoms with Gasteiger partial charge in [0.05, 0.1) is 11.6 Å². The molecule has 1 aromatic carbocycles. The van der Waals surface area contributed by atoms with Crippen molar-refractivity contribution in [3.8, 4) is 11.4 Å². The van der Waals surface area contributed by atoms with Crippen molar-refractivity contribution in [3.63, 3.8) is 0 Å². The number of hydrogen-bond donors (Lipinski definition) is 0. The van der Waals surface area contributed by atoms with Crippen LogP contribution in [0.4, 0.5) is 0 Å². The lowest BCUT2D eigenvalue weighted by atomic mass is 10.2. The molecular formula is C9H9ClN4. The van der Waals surface area contributed by atoms with Gasteiger partial charge in [0.25, 0.3) is 0 Å². The Hall–Kier alpha value is -1.42. The van der Waals surface area contributed by atoms with Crippen LogP contribution in [0.15, 0.2) is 24.3 Å². The maximum atomic E-state index is 5.99. The maximum Gasteiger partial charge on any atom is 0.206 e. The number of nitrogens with zero attached hydrogens (tertiary/aromatic N) is 4. The number of tetrazole rings is 1. The predicted octanol–water partition coefficient (Wildman–Crippen LogP) is 2.01. The maximum absolute atomic E-state index is 5.99. The van der Waals surface area contributed by atoms with Gasteiger partial charge < -0.3 is 0 Å². The Labute approximate surface area is 86.5 Å². The van der Waals surface area contributed by atoms with Crippen molar-refractivity contribution < 1.29 is 0 Å². The third kappa shape index (κ3) is 1.61. The first-order chi connectivity index (χ1) is 6.81. The van der Waals surface area contributed by atoms with Gasteiger partial charge in [0.15, 0.2) is 0 Å². The molecule has 0 atom stereocenters. The summed E-state index contributed by atoms with van der Waals surface area (Å²) in [6.45, 7) is 2.66. The van der Waals surface area contributed by atoms with E-state index in [4.69, 9.17) is 11.6 Å². The lowest BCUT2D eigenvalue weighted by Crippen LogP contribution is -1.98. The van der Waals surface area contributed by atoms with E-state index in [-0.39, 0.29) is 0 Å². The molecule has 1 aromatic heterocycles. The Bertz CT molecular complexity index is 438. The topological polar surface area (TPSA) is 43.6 Å². The molecule has 5 heteroatoms. The Morgan fingerprint density at radius 2 is 2.14 bits per heavy atom. The highest BCUT2D eigenvalue weighted by Crippen LogP contribution is 2.23. The molecule has 0 aliphatic rings. The van der Waals surface area contributed by atoms with Crippen LogP contribution in [0.25, 0.3) is 11.4 Å². The minimum atomic E-state index is 0.567. The molecule has 0 N–H and O–H groups in total. The second-order valence-electron chi connectivity index (χ2n) is 2.78. The number of benzene rings is 1. The van der Waals surface area contributed by atoms with Gasteiger partial charge in [-0.25, -0.2) is 0 Å². The number of rotatable bonds is 2. The van der Waals surface area contributed by atoms with E-state index in [1.54, 1.807) is 0 Å². The minimum Gasteiger partial charge on any atom is -0.164 e. The van der Waals surface area contributed by atoms with Gasteiger partial charge in [-0.1, -0.05) is 23.7 Å². The molecule has 4 nitrogen and oxygen atoms in total. The third-order valence-corrected chi connectivity index (χ3v) is 2.18. The summed E-state index contributed by atoms with van der Waals surface area (Å²) >= 11 is 5.99. The molecule has 2 aromatic rings. The molecule has 14 heavy (non-hydrogen) atoms. The van der Waals surface area contributed by atoms with Crippen LogP contribution in [0.5, 0.6) is 0 Å². The summed E-state index contributed by atoms with van der Waals surface area (Å²) in [6.07, 6.45) is 0. The van der Waals surface area contributed by atoms with Gasteiger partial charge in [-0.2, -0.15) is 4.80 Å². The Kier molecular flexibility index (Phi) is 2.45. The van der Waals surface area contributed by atoms with Crippen LogP contribution in [0.3, 0.4) is 0 Å². The zero-order valence-corrected chi connectivity index (χ0v) is 8.44. The van der Waals surface area contributed by atoms with E-state index in [9.17, 15) is 0 Å². The standard InChI is InChI=1S/C9H9ClN4/c1-2-14-12-9(11-13-14)7-5-3-4-6-8(7)10/h3-6H,2H2,1H3. The highest BCUT2D eigenvalue weighted by Gasteiger charge is 2.07. The highest BCUT2D eigenvalue weighted by atomic mass is 35.5. The van der Waals surface area contributed by atoms with Crippen molar-refractivity contribution in [2.24, 2.45) is 0 Å². The Morgan fingerprint density at radius 3 is 2.79 bits per heavy atom. The average molecular weight is 209 g/mol. The molecule has 0 bridgehead atoms. The lowest BCUT2D eigenvalue weighted by Gasteiger charge is -1.96. The first kappa shape index (κ1) is 9.15. The molecule has 0 aliphatic carbocycles. The van der Waals surface area contributed by atoms with Crippen LogP contribution in [-0.2, 0) is 6.54 Å². The molecule has 0 radical (unpaired) electrons. The van der Waals surface area contributed by atoms with Crippen LogP contribution >= 0.6 is 11.6 Å². The van der Waals surface area contributed by atoms with E-state index in [1.165, 1.54) is 4.80 Å². The second kappa shape index (κ2) is 3.75. The first-order valence-corrected chi connectivity index (χ1v) is 4.71. The van der Waals surface area contributed by atoms with Gasteiger partial charge >= 0.3 is 0 Å². The van der Waals surface area contributed by atoms with Gasteiger partial charge in [-0.3, -0.25) is 0 Å². The fourth-order valence-electron chi connectivity index (χ4n) is 1.13. The normalized spacial score (nSPS) is 10.4. The zero-order chi connectivity index (χ0) is 9.97. The van der Waals surface area contributed by atoms with Crippen molar-refractivity contribution in [1.29, 1.82) is 0 Å². The monoisotopic (exact) mass is 208 g/mol. The third-order valence-electron chi connectivity index (χ3n) is 1.85. The van der Waals surface area contributed by atoms with Crippen LogP contribution < -0.4 is 0 Å². The van der Waals surface area contributed by atoms with Crippen LogP contribution in [-0.4, -0.2) is 20.2 Å². The summed E-state index contributed by atoms with van der Waals surface area (Å²) < 4.78 is 0. The molecule has 0 fully saturated rings. The fourth-order valence-corrected chi connectivity index (χ4v) is 1.35. The molecule has 0 unspecified atom stereocenters. The number of hydrogen-bond acceptors (Lipinski definition) is 3. The molecule has 0 aliphatic heterocycles. The molecule has 0 amide bonds. The lowest BCUT2D eigenvalue weighted by molar-refractivity contribution is 0.553. The van der Waals surface area contributed by atoms with Gasteiger partial charge in [0.2, 0.25) is 5.82 Å². The van der Waals surface area contributed by atoms with Crippen molar-refractivity contribution in [3.05, 3.63) is 29.3 Å². The van der Waals surface area contributed by atoms with Gasteiger partial charge in [0, 0.05) is 5.56 Å². The molecule has 0 spiro atoms. The number of halogens is 1. The van der Waals surface area contributed by atoms with E-state index in [1.807, 2.05) is 31.2 Å². The quantitative estimate of drug-likeness (QED) is 0.759. The SMILES string of the molecule is CCn1nnc(-c2ccccc2Cl)n1. The predicted molar refractivity (Wildman–Crippen MR) is 53.9 cm³/mol. The van der Waals surface area contributed by atoms with Crippen LogP contribution in [0.1, 0.15) is 6.92 Å². The highest BCUT2D eigenvalue weighted by molar-refractivity contribution is 6.33. The van der Waals surface area contributed by atoms with Crippen LogP contribution in [0, 0.1) is 0 Å². The van der Waals surface area contributed by atoms with Gasteiger partial charge in [-0.15, -0.1) is 10.2 Å². The first-order valence-electron chi connectivity index (χ1n) is 4.34. The zero-order valence-electron chi connectivity index (χ0n) is 7.68. The smallest absolute Gasteiger partial charge is 0.164 e. The van der Waals surface area contributed by atoms with E-state index in [0.29, 0.717) is 17.4 Å². The fraction of sp³-hybridized carbons (Fsp3) is 0.222. The van der Waals surface area contributed by atoms with E-state index < -0.39 is 0 Å². The van der Waals surface area contributed by atoms with Gasteiger partial charge in [-0.05, 0) is 24.3 Å². The summed E-state index contributed by atoms with van der Waals surface area (Å²) in [6, 6.07) is 7.45. The van der Waals surface area contributed by atoms with E-state index in [2.05, 4.69) is 15.4 Å². The number of aromatic nitrogens is 4. The molecule has 72 valence electrons. The molecular weight excluding hydrogens is 200 g/mol. The number of aryl methyl sites for hydroxylation is 1. The molecule has 2 rings (SSSR count). The molecule has 0 saturated carbocycles. The van der Waals surface area contributed by atoms with Crippen molar-refractivity contribution >= 4 is 11.6 Å². The minimum absolute atomic E-state index is 0.567. The summed E-state index contributed by atoms with van der Waals surface area (Å²) in [7, 11) is 0. The van der Waals surface area contributed by atoms with E-state index in [0.717, 1.165) is 5.56 Å². The van der Waals surface area contributed by atoms with Crippen molar-refractivity contribution in [2.75, 3.05) is 0 Å². The molecule has 1 heterocycles. The Morgan fingerprint density at radius 1 is 1.36 bits per heavy atom. The summed E-state index contributed by atoms with van der Waals surface area (Å²) in [5, 5.41) is 12.6. The van der Waals surface area contributed by atoms with Crippen molar-refractivity contribution in [1.82, 2.24) is 20.2 Å². The average Bonchev–Trinajstić information content (AvgIpc) is 2.67. The molecule has 0 saturated heterocycles. The second-order valence-corrected chi connectivity index (χ2v) is 3.19. The van der Waals surface area contributed by atoms with Crippen LogP contribution in [0.2, 0.25) is 5.02 Å². The van der Waals surface area contributed by atoms with Gasteiger partial charge in [0.1, 0.15) is 0 Å². The van der Waals surface area contributed by atoms with Crippen molar-refractivity contribution in [2.45, 2.75) is 13.5 Å². The Balaban J connectivity index is 2.44. The largest absolute Gasteiger partial charge is 0.206 e. The summed E-state index contributed by atoms with van der Waals surface area (Å²) in [5.74, 6) is 0.567. The summed E-state index contributed by atoms with van der Waals surface area (Å²) in [4.78, 5) is 1.53. The summed E-state index contributed by atoms with van der Waals surface area (Å²) in [5.41, 5.74) is 0.814.